The largest absolute Gasteiger partial charge is 0.480 e. The summed E-state index contributed by atoms with van der Waals surface area (Å²) < 4.78 is 39.2. The Bertz CT molecular complexity index is 543. The van der Waals surface area contributed by atoms with Crippen molar-refractivity contribution in [1.82, 2.24) is 5.32 Å². The Kier molecular flexibility index (Phi) is 6.35. The molecule has 0 saturated carbocycles. The average Bonchev–Trinajstić information content (AvgIpc) is 2.39. The minimum atomic E-state index is -1.46. The summed E-state index contributed by atoms with van der Waals surface area (Å²) in [4.78, 5) is 22.5. The van der Waals surface area contributed by atoms with E-state index in [2.05, 4.69) is 5.32 Å². The average molecular weight is 322 g/mol. The predicted octanol–water partition coefficient (Wildman–Crippen LogP) is 2.43. The number of amides is 2. The van der Waals surface area contributed by atoms with Gasteiger partial charge in [-0.25, -0.2) is 22.8 Å². The molecule has 0 heterocycles. The third-order valence-corrected chi connectivity index (χ3v) is 3.10. The molecule has 0 aliphatic carbocycles. The normalized spacial score (nSPS) is 11.8. The Balaban J connectivity index is 2.74. The van der Waals surface area contributed by atoms with Crippen LogP contribution in [0.3, 0.4) is 0 Å². The molecule has 0 bridgehead atoms. The molecule has 1 aromatic rings. The maximum Gasteiger partial charge on any atom is 0.326 e. The van der Waals surface area contributed by atoms with Crippen LogP contribution in [0.2, 0.25) is 0 Å². The smallest absolute Gasteiger partial charge is 0.326 e. The number of hydrogen-bond acceptors (Lipinski definition) is 3. The van der Waals surface area contributed by atoms with Crippen LogP contribution >= 0.6 is 11.8 Å². The van der Waals surface area contributed by atoms with Crippen molar-refractivity contribution in [3.63, 3.8) is 0 Å². The first-order chi connectivity index (χ1) is 9.85. The predicted molar refractivity (Wildman–Crippen MR) is 72.9 cm³/mol. The lowest BCUT2D eigenvalue weighted by atomic mass is 10.2. The molecule has 0 radical (unpaired) electrons. The van der Waals surface area contributed by atoms with E-state index in [4.69, 9.17) is 5.11 Å². The van der Waals surface area contributed by atoms with Gasteiger partial charge < -0.3 is 15.7 Å². The van der Waals surface area contributed by atoms with Crippen LogP contribution in [-0.2, 0) is 4.79 Å². The highest BCUT2D eigenvalue weighted by Crippen LogP contribution is 2.19. The number of benzene rings is 1. The van der Waals surface area contributed by atoms with Crippen LogP contribution in [0.1, 0.15) is 6.42 Å². The van der Waals surface area contributed by atoms with Crippen molar-refractivity contribution in [3.8, 4) is 0 Å². The third-order valence-electron chi connectivity index (χ3n) is 2.46. The second-order valence-corrected chi connectivity index (χ2v) is 5.01. The van der Waals surface area contributed by atoms with Gasteiger partial charge in [-0.05, 0) is 18.4 Å². The molecular weight excluding hydrogens is 309 g/mol. The Labute approximate surface area is 122 Å². The van der Waals surface area contributed by atoms with Crippen molar-refractivity contribution in [2.75, 3.05) is 17.3 Å². The van der Waals surface area contributed by atoms with E-state index >= 15 is 0 Å². The van der Waals surface area contributed by atoms with Gasteiger partial charge in [0.05, 0.1) is 5.69 Å². The molecule has 0 fully saturated rings. The lowest BCUT2D eigenvalue weighted by Crippen LogP contribution is -2.43. The van der Waals surface area contributed by atoms with Gasteiger partial charge in [0.2, 0.25) is 0 Å². The van der Waals surface area contributed by atoms with Gasteiger partial charge in [-0.3, -0.25) is 0 Å². The lowest BCUT2D eigenvalue weighted by molar-refractivity contribution is -0.139. The summed E-state index contributed by atoms with van der Waals surface area (Å²) >= 11 is 1.39. The summed E-state index contributed by atoms with van der Waals surface area (Å²) in [5.74, 6) is -4.73. The summed E-state index contributed by atoms with van der Waals surface area (Å²) in [6.07, 6.45) is 1.92. The number of urea groups is 1. The van der Waals surface area contributed by atoms with E-state index in [0.29, 0.717) is 17.9 Å². The maximum atomic E-state index is 13.3. The Morgan fingerprint density at radius 1 is 1.33 bits per heavy atom. The summed E-state index contributed by atoms with van der Waals surface area (Å²) in [7, 11) is 0. The number of carbonyl (C=O) groups is 2. The minimum absolute atomic E-state index is 0.157. The quantitative estimate of drug-likeness (QED) is 0.703. The minimum Gasteiger partial charge on any atom is -0.480 e. The fourth-order valence-corrected chi connectivity index (χ4v) is 1.93. The van der Waals surface area contributed by atoms with Crippen molar-refractivity contribution in [1.29, 1.82) is 0 Å². The van der Waals surface area contributed by atoms with E-state index in [1.165, 1.54) is 11.8 Å². The molecule has 0 aromatic heterocycles. The van der Waals surface area contributed by atoms with Crippen LogP contribution in [0, 0.1) is 17.5 Å². The molecule has 5 nitrogen and oxygen atoms in total. The number of nitrogens with one attached hydrogen (secondary N) is 2. The molecule has 116 valence electrons. The number of carboxylic acid groups (broad SMARTS) is 1. The molecule has 0 aliphatic heterocycles. The van der Waals surface area contributed by atoms with Gasteiger partial charge in [-0.15, -0.1) is 0 Å². The van der Waals surface area contributed by atoms with Crippen molar-refractivity contribution < 1.29 is 27.9 Å². The van der Waals surface area contributed by atoms with E-state index in [1.807, 2.05) is 5.32 Å². The second kappa shape index (κ2) is 7.77. The Morgan fingerprint density at radius 2 is 2.00 bits per heavy atom. The molecule has 1 unspecified atom stereocenters. The summed E-state index contributed by atoms with van der Waals surface area (Å²) in [5.41, 5.74) is -0.709. The van der Waals surface area contributed by atoms with Gasteiger partial charge in [-0.1, -0.05) is 0 Å². The maximum absolute atomic E-state index is 13.3. The van der Waals surface area contributed by atoms with E-state index in [-0.39, 0.29) is 6.42 Å². The van der Waals surface area contributed by atoms with Gasteiger partial charge in [0.15, 0.2) is 11.6 Å². The molecule has 0 aliphatic rings. The molecular formula is C12H13F3N2O3S. The van der Waals surface area contributed by atoms with Crippen molar-refractivity contribution in [3.05, 3.63) is 29.6 Å². The first-order valence-electron chi connectivity index (χ1n) is 5.79. The van der Waals surface area contributed by atoms with Crippen LogP contribution in [0.15, 0.2) is 12.1 Å². The first-order valence-corrected chi connectivity index (χ1v) is 7.18. The zero-order valence-corrected chi connectivity index (χ0v) is 11.8. The molecule has 1 aromatic carbocycles. The highest BCUT2D eigenvalue weighted by Gasteiger charge is 2.20. The van der Waals surface area contributed by atoms with E-state index in [0.717, 1.165) is 0 Å². The fourth-order valence-electron chi connectivity index (χ4n) is 1.46. The van der Waals surface area contributed by atoms with E-state index in [9.17, 15) is 22.8 Å². The van der Waals surface area contributed by atoms with Crippen LogP contribution in [0.25, 0.3) is 0 Å². The number of hydrogen-bond donors (Lipinski definition) is 3. The monoisotopic (exact) mass is 322 g/mol. The number of rotatable bonds is 6. The summed E-state index contributed by atoms with van der Waals surface area (Å²) in [6, 6.07) is -1.32. The van der Waals surface area contributed by atoms with E-state index in [1.54, 1.807) is 6.26 Å². The highest BCUT2D eigenvalue weighted by molar-refractivity contribution is 7.98. The first kappa shape index (κ1) is 17.2. The third kappa shape index (κ3) is 5.18. The SMILES string of the molecule is CSCCC(NC(=O)Nc1cc(F)cc(F)c1F)C(=O)O. The van der Waals surface area contributed by atoms with Crippen molar-refractivity contribution >= 4 is 29.4 Å². The van der Waals surface area contributed by atoms with Crippen molar-refractivity contribution in [2.45, 2.75) is 12.5 Å². The summed E-state index contributed by atoms with van der Waals surface area (Å²) in [6.45, 7) is 0. The zero-order valence-electron chi connectivity index (χ0n) is 11.0. The number of aliphatic carboxylic acids is 1. The zero-order chi connectivity index (χ0) is 16.0. The number of anilines is 1. The number of thioether (sulfide) groups is 1. The lowest BCUT2D eigenvalue weighted by Gasteiger charge is -2.15. The van der Waals surface area contributed by atoms with Crippen LogP contribution in [0.5, 0.6) is 0 Å². The second-order valence-electron chi connectivity index (χ2n) is 4.02. The van der Waals surface area contributed by atoms with Gasteiger partial charge in [0, 0.05) is 12.1 Å². The Morgan fingerprint density at radius 3 is 2.57 bits per heavy atom. The van der Waals surface area contributed by atoms with Gasteiger partial charge in [0.25, 0.3) is 0 Å². The van der Waals surface area contributed by atoms with Crippen LogP contribution < -0.4 is 10.6 Å². The highest BCUT2D eigenvalue weighted by atomic mass is 32.2. The van der Waals surface area contributed by atoms with E-state index < -0.39 is 41.2 Å². The topological polar surface area (TPSA) is 78.4 Å². The summed E-state index contributed by atoms with van der Waals surface area (Å²) in [5, 5.41) is 12.9. The van der Waals surface area contributed by atoms with Crippen molar-refractivity contribution in [2.24, 2.45) is 0 Å². The van der Waals surface area contributed by atoms with Crippen LogP contribution in [0.4, 0.5) is 23.7 Å². The standard InChI is InChI=1S/C12H13F3N2O3S/c1-21-3-2-8(11(18)19)16-12(20)17-9-5-6(13)4-7(14)10(9)15/h4-5,8H,2-3H2,1H3,(H,18,19)(H2,16,17,20). The number of halogens is 3. The molecule has 21 heavy (non-hydrogen) atoms. The molecule has 1 rings (SSSR count). The molecule has 0 saturated heterocycles. The molecule has 9 heteroatoms. The van der Waals surface area contributed by atoms with Gasteiger partial charge in [0.1, 0.15) is 11.9 Å². The Hall–Kier alpha value is -1.90. The van der Waals surface area contributed by atoms with Crippen LogP contribution in [-0.4, -0.2) is 35.2 Å². The fraction of sp³-hybridized carbons (Fsp3) is 0.333. The molecule has 2 amide bonds. The molecule has 0 spiro atoms. The number of carbonyl (C=O) groups excluding carboxylic acids is 1. The molecule has 1 atom stereocenters. The van der Waals surface area contributed by atoms with Gasteiger partial charge in [-0.2, -0.15) is 11.8 Å². The number of carboxylic acids is 1. The van der Waals surface area contributed by atoms with Gasteiger partial charge >= 0.3 is 12.0 Å². The molecule has 3 N–H and O–H groups in total.